The fourth-order valence-electron chi connectivity index (χ4n) is 3.84. The van der Waals surface area contributed by atoms with Crippen molar-refractivity contribution in [3.05, 3.63) is 64.2 Å². The summed E-state index contributed by atoms with van der Waals surface area (Å²) in [6.45, 7) is 3.03. The fourth-order valence-corrected chi connectivity index (χ4v) is 3.84. The highest BCUT2D eigenvalue weighted by molar-refractivity contribution is 6.00. The van der Waals surface area contributed by atoms with Gasteiger partial charge < -0.3 is 20.3 Å². The highest BCUT2D eigenvalue weighted by Gasteiger charge is 2.26. The highest BCUT2D eigenvalue weighted by atomic mass is 16.6. The molecule has 1 aliphatic heterocycles. The number of hydrogen-bond donors (Lipinski definition) is 1. The van der Waals surface area contributed by atoms with E-state index in [-0.39, 0.29) is 24.2 Å². The first-order chi connectivity index (χ1) is 16.3. The third kappa shape index (κ3) is 6.31. The van der Waals surface area contributed by atoms with Gasteiger partial charge in [-0.15, -0.1) is 0 Å². The van der Waals surface area contributed by atoms with Gasteiger partial charge in [-0.2, -0.15) is 0 Å². The number of non-ortho nitro benzene ring substituents is 1. The minimum absolute atomic E-state index is 0.0315. The van der Waals surface area contributed by atoms with Gasteiger partial charge >= 0.3 is 5.97 Å². The van der Waals surface area contributed by atoms with Crippen LogP contribution in [-0.4, -0.2) is 48.9 Å². The molecule has 10 heteroatoms. The van der Waals surface area contributed by atoms with Gasteiger partial charge in [0.1, 0.15) is 0 Å². The number of nitro benzene ring substituents is 1. The van der Waals surface area contributed by atoms with Gasteiger partial charge in [-0.25, -0.2) is 4.79 Å². The molecule has 10 nitrogen and oxygen atoms in total. The van der Waals surface area contributed by atoms with Crippen molar-refractivity contribution in [3.63, 3.8) is 0 Å². The number of ether oxygens (including phenoxy) is 1. The van der Waals surface area contributed by atoms with Gasteiger partial charge in [0.05, 0.1) is 16.2 Å². The molecule has 2 aromatic carbocycles. The third-order valence-corrected chi connectivity index (χ3v) is 5.81. The zero-order valence-electron chi connectivity index (χ0n) is 19.0. The molecule has 0 saturated carbocycles. The Balaban J connectivity index is 1.78. The van der Waals surface area contributed by atoms with Crippen LogP contribution in [0.4, 0.5) is 17.1 Å². The predicted octanol–water partition coefficient (Wildman–Crippen LogP) is 2.90. The molecule has 1 fully saturated rings. The van der Waals surface area contributed by atoms with Crippen molar-refractivity contribution in [1.82, 2.24) is 0 Å². The predicted molar refractivity (Wildman–Crippen MR) is 127 cm³/mol. The second kappa shape index (κ2) is 11.3. The second-order valence-corrected chi connectivity index (χ2v) is 8.30. The number of hydrogen-bond acceptors (Lipinski definition) is 7. The number of nitrogens with two attached hydrogens (primary N) is 1. The van der Waals surface area contributed by atoms with E-state index in [2.05, 4.69) is 6.92 Å². The third-order valence-electron chi connectivity index (χ3n) is 5.81. The number of carbonyl (C=O) groups is 3. The molecular weight excluding hydrogens is 440 g/mol. The maximum absolute atomic E-state index is 13.0. The van der Waals surface area contributed by atoms with Crippen LogP contribution < -0.4 is 15.5 Å². The molecule has 180 valence electrons. The van der Waals surface area contributed by atoms with Crippen molar-refractivity contribution < 1.29 is 24.0 Å². The number of esters is 1. The lowest BCUT2D eigenvalue weighted by Crippen LogP contribution is -2.37. The second-order valence-electron chi connectivity index (χ2n) is 8.30. The van der Waals surface area contributed by atoms with Crippen LogP contribution in [0.2, 0.25) is 0 Å². The van der Waals surface area contributed by atoms with Gasteiger partial charge in [0.2, 0.25) is 5.91 Å². The number of carbonyl (C=O) groups excluding carboxylic acids is 3. The standard InChI is InChI=1S/C24H28N4O6/c1-17-9-12-26(13-10-17)21-8-7-19(28(32)33)15-20(21)24(31)34-16-23(30)27(14-11-22(25)29)18-5-3-2-4-6-18/h2-8,15,17H,9-14,16H2,1H3,(H2,25,29). The summed E-state index contributed by atoms with van der Waals surface area (Å²) in [6, 6.07) is 12.7. The van der Waals surface area contributed by atoms with Crippen LogP contribution in [0.5, 0.6) is 0 Å². The van der Waals surface area contributed by atoms with E-state index >= 15 is 0 Å². The fraction of sp³-hybridized carbons (Fsp3) is 0.375. The van der Waals surface area contributed by atoms with Crippen molar-refractivity contribution in [2.75, 3.05) is 36.0 Å². The van der Waals surface area contributed by atoms with Gasteiger partial charge in [-0.1, -0.05) is 25.1 Å². The van der Waals surface area contributed by atoms with Crippen molar-refractivity contribution >= 4 is 34.8 Å². The van der Waals surface area contributed by atoms with E-state index < -0.39 is 29.3 Å². The maximum atomic E-state index is 13.0. The van der Waals surface area contributed by atoms with Crippen LogP contribution in [0.3, 0.4) is 0 Å². The minimum Gasteiger partial charge on any atom is -0.452 e. The van der Waals surface area contributed by atoms with E-state index in [1.165, 1.54) is 17.0 Å². The largest absolute Gasteiger partial charge is 0.452 e. The molecule has 1 heterocycles. The van der Waals surface area contributed by atoms with E-state index in [1.54, 1.807) is 36.4 Å². The summed E-state index contributed by atoms with van der Waals surface area (Å²) in [6.07, 6.45) is 1.82. The van der Waals surface area contributed by atoms with E-state index in [0.717, 1.165) is 12.8 Å². The molecule has 3 rings (SSSR count). The van der Waals surface area contributed by atoms with Crippen molar-refractivity contribution in [1.29, 1.82) is 0 Å². The smallest absolute Gasteiger partial charge is 0.341 e. The van der Waals surface area contributed by atoms with E-state index in [4.69, 9.17) is 10.5 Å². The Morgan fingerprint density at radius 3 is 2.44 bits per heavy atom. The number of anilines is 2. The molecule has 0 aromatic heterocycles. The summed E-state index contributed by atoms with van der Waals surface area (Å²) in [5, 5.41) is 11.3. The molecule has 1 saturated heterocycles. The Morgan fingerprint density at radius 1 is 1.15 bits per heavy atom. The van der Waals surface area contributed by atoms with Gasteiger partial charge in [0.15, 0.2) is 6.61 Å². The molecule has 2 N–H and O–H groups in total. The van der Waals surface area contributed by atoms with E-state index in [1.807, 2.05) is 4.90 Å². The number of nitrogens with zero attached hydrogens (tertiary/aromatic N) is 3. The highest BCUT2D eigenvalue weighted by Crippen LogP contribution is 2.30. The monoisotopic (exact) mass is 468 g/mol. The summed E-state index contributed by atoms with van der Waals surface area (Å²) in [5.74, 6) is -1.37. The molecule has 2 amide bonds. The average Bonchev–Trinajstić information content (AvgIpc) is 2.83. The number of piperidine rings is 1. The van der Waals surface area contributed by atoms with Gasteiger partial charge in [-0.3, -0.25) is 19.7 Å². The Bertz CT molecular complexity index is 1050. The first-order valence-electron chi connectivity index (χ1n) is 11.1. The van der Waals surface area contributed by atoms with Gasteiger partial charge in [0.25, 0.3) is 11.6 Å². The lowest BCUT2D eigenvalue weighted by atomic mass is 9.98. The normalized spacial score (nSPS) is 13.9. The first kappa shape index (κ1) is 24.7. The summed E-state index contributed by atoms with van der Waals surface area (Å²) >= 11 is 0. The maximum Gasteiger partial charge on any atom is 0.341 e. The Morgan fingerprint density at radius 2 is 1.82 bits per heavy atom. The van der Waals surface area contributed by atoms with Crippen LogP contribution in [-0.2, 0) is 14.3 Å². The van der Waals surface area contributed by atoms with Crippen LogP contribution in [0.1, 0.15) is 36.5 Å². The molecule has 0 aliphatic carbocycles. The molecule has 0 bridgehead atoms. The molecule has 34 heavy (non-hydrogen) atoms. The van der Waals surface area contributed by atoms with Crippen LogP contribution >= 0.6 is 0 Å². The number of para-hydroxylation sites is 1. The topological polar surface area (TPSA) is 136 Å². The summed E-state index contributed by atoms with van der Waals surface area (Å²) in [7, 11) is 0. The average molecular weight is 469 g/mol. The Kier molecular flexibility index (Phi) is 8.18. The summed E-state index contributed by atoms with van der Waals surface area (Å²) in [5.41, 5.74) is 6.11. The zero-order valence-corrected chi connectivity index (χ0v) is 19.0. The van der Waals surface area contributed by atoms with E-state index in [9.17, 15) is 24.5 Å². The molecule has 2 aromatic rings. The SMILES string of the molecule is CC1CCN(c2ccc([N+](=O)[O-])cc2C(=O)OCC(=O)N(CCC(N)=O)c2ccccc2)CC1. The quantitative estimate of drug-likeness (QED) is 0.339. The lowest BCUT2D eigenvalue weighted by Gasteiger charge is -2.33. The van der Waals surface area contributed by atoms with Gasteiger partial charge in [-0.05, 0) is 37.0 Å². The van der Waals surface area contributed by atoms with Gasteiger partial charge in [0, 0.05) is 43.9 Å². The molecule has 0 radical (unpaired) electrons. The van der Waals surface area contributed by atoms with Crippen LogP contribution in [0.15, 0.2) is 48.5 Å². The number of amides is 2. The van der Waals surface area contributed by atoms with Crippen molar-refractivity contribution in [2.24, 2.45) is 11.7 Å². The molecule has 0 spiro atoms. The first-order valence-corrected chi connectivity index (χ1v) is 11.1. The lowest BCUT2D eigenvalue weighted by molar-refractivity contribution is -0.384. The zero-order chi connectivity index (χ0) is 24.7. The Hall–Kier alpha value is -3.95. The van der Waals surface area contributed by atoms with Crippen molar-refractivity contribution in [3.8, 4) is 0 Å². The molecule has 1 aliphatic rings. The number of primary amides is 1. The minimum atomic E-state index is -0.825. The molecular formula is C24H28N4O6. The summed E-state index contributed by atoms with van der Waals surface area (Å²) < 4.78 is 5.29. The number of benzene rings is 2. The van der Waals surface area contributed by atoms with E-state index in [0.29, 0.717) is 30.4 Å². The number of rotatable bonds is 9. The Labute approximate surface area is 197 Å². The van der Waals surface area contributed by atoms with Crippen molar-refractivity contribution in [2.45, 2.75) is 26.2 Å². The molecule has 0 unspecified atom stereocenters. The summed E-state index contributed by atoms with van der Waals surface area (Å²) in [4.78, 5) is 51.1. The van der Waals surface area contributed by atoms with Crippen LogP contribution in [0, 0.1) is 16.0 Å². The number of nitro groups is 1. The molecule has 0 atom stereocenters. The van der Waals surface area contributed by atoms with Crippen LogP contribution in [0.25, 0.3) is 0 Å².